The molecule has 1 aliphatic carbocycles. The first-order valence-electron chi connectivity index (χ1n) is 7.27. The zero-order valence-corrected chi connectivity index (χ0v) is 12.0. The van der Waals surface area contributed by atoms with Crippen LogP contribution in [0.5, 0.6) is 0 Å². The number of hydrogen-bond acceptors (Lipinski definition) is 2. The molecule has 2 amide bonds. The van der Waals surface area contributed by atoms with Gasteiger partial charge < -0.3 is 15.3 Å². The maximum absolute atomic E-state index is 11.8. The average molecular weight is 270 g/mol. The molecular weight excluding hydrogens is 244 g/mol. The molecule has 0 spiro atoms. The van der Waals surface area contributed by atoms with E-state index in [9.17, 15) is 9.59 Å². The van der Waals surface area contributed by atoms with Gasteiger partial charge in [0.15, 0.2) is 0 Å². The van der Waals surface area contributed by atoms with Crippen LogP contribution >= 0.6 is 0 Å². The van der Waals surface area contributed by atoms with Gasteiger partial charge in [0.2, 0.25) is 0 Å². The van der Waals surface area contributed by atoms with Crippen molar-refractivity contribution >= 4 is 12.0 Å². The quantitative estimate of drug-likeness (QED) is 0.778. The summed E-state index contributed by atoms with van der Waals surface area (Å²) in [6.45, 7) is 4.90. The van der Waals surface area contributed by atoms with E-state index in [4.69, 9.17) is 5.11 Å². The molecule has 0 radical (unpaired) electrons. The maximum atomic E-state index is 11.8. The first kappa shape index (κ1) is 15.8. The average Bonchev–Trinajstić information content (AvgIpc) is 2.35. The van der Waals surface area contributed by atoms with E-state index in [1.54, 1.807) is 6.92 Å². The normalized spacial score (nSPS) is 22.8. The summed E-state index contributed by atoms with van der Waals surface area (Å²) in [5.41, 5.74) is 0. The molecule has 0 heterocycles. The number of hydrogen-bond donors (Lipinski definition) is 2. The fourth-order valence-corrected chi connectivity index (χ4v) is 2.81. The van der Waals surface area contributed by atoms with Crippen LogP contribution in [0.1, 0.15) is 46.0 Å². The fourth-order valence-electron chi connectivity index (χ4n) is 2.81. The highest BCUT2D eigenvalue weighted by Gasteiger charge is 2.19. The zero-order valence-electron chi connectivity index (χ0n) is 12.0. The molecule has 2 atom stereocenters. The monoisotopic (exact) mass is 270 g/mol. The van der Waals surface area contributed by atoms with Gasteiger partial charge in [-0.15, -0.1) is 0 Å². The van der Waals surface area contributed by atoms with E-state index in [2.05, 4.69) is 12.2 Å². The molecule has 5 heteroatoms. The van der Waals surface area contributed by atoms with Crippen LogP contribution in [0.25, 0.3) is 0 Å². The molecule has 2 unspecified atom stereocenters. The Hall–Kier alpha value is -1.26. The van der Waals surface area contributed by atoms with Gasteiger partial charge >= 0.3 is 12.0 Å². The number of nitrogens with one attached hydrogen (secondary N) is 1. The standard InChI is InChI=1S/C14H26N2O3/c1-3-16(10-13(17)18)14(19)15-8-7-12-6-4-5-11(2)9-12/h11-12H,3-10H2,1-2H3,(H,15,19)(H,17,18). The van der Waals surface area contributed by atoms with Crippen molar-refractivity contribution in [2.75, 3.05) is 19.6 Å². The van der Waals surface area contributed by atoms with Crippen LogP contribution in [0.15, 0.2) is 0 Å². The molecule has 19 heavy (non-hydrogen) atoms. The SMILES string of the molecule is CCN(CC(=O)O)C(=O)NCCC1CCCC(C)C1. The van der Waals surface area contributed by atoms with Crippen molar-refractivity contribution < 1.29 is 14.7 Å². The molecule has 0 aromatic carbocycles. The van der Waals surface area contributed by atoms with E-state index in [0.29, 0.717) is 19.0 Å². The molecule has 0 bridgehead atoms. The highest BCUT2D eigenvalue weighted by molar-refractivity contribution is 5.79. The van der Waals surface area contributed by atoms with Gasteiger partial charge in [0.1, 0.15) is 6.54 Å². The Kier molecular flexibility index (Phi) is 6.67. The van der Waals surface area contributed by atoms with Crippen molar-refractivity contribution in [1.82, 2.24) is 10.2 Å². The van der Waals surface area contributed by atoms with E-state index in [1.807, 2.05) is 0 Å². The minimum atomic E-state index is -0.974. The van der Waals surface area contributed by atoms with Gasteiger partial charge in [-0.2, -0.15) is 0 Å². The van der Waals surface area contributed by atoms with Crippen LogP contribution in [0.4, 0.5) is 4.79 Å². The molecule has 1 saturated carbocycles. The third kappa shape index (κ3) is 5.94. The van der Waals surface area contributed by atoms with Crippen molar-refractivity contribution in [2.24, 2.45) is 11.8 Å². The first-order chi connectivity index (χ1) is 9.02. The van der Waals surface area contributed by atoms with Crippen molar-refractivity contribution in [3.05, 3.63) is 0 Å². The lowest BCUT2D eigenvalue weighted by Gasteiger charge is -2.27. The maximum Gasteiger partial charge on any atom is 0.323 e. The summed E-state index contributed by atoms with van der Waals surface area (Å²) in [7, 11) is 0. The summed E-state index contributed by atoms with van der Waals surface area (Å²) in [6, 6.07) is -0.270. The Balaban J connectivity index is 2.23. The zero-order chi connectivity index (χ0) is 14.3. The summed E-state index contributed by atoms with van der Waals surface area (Å²) >= 11 is 0. The van der Waals surface area contributed by atoms with E-state index < -0.39 is 5.97 Å². The second kappa shape index (κ2) is 8.02. The molecular formula is C14H26N2O3. The predicted molar refractivity (Wildman–Crippen MR) is 74.0 cm³/mol. The predicted octanol–water partition coefficient (Wildman–Crippen LogP) is 2.32. The molecule has 0 aromatic rings. The Morgan fingerprint density at radius 1 is 1.37 bits per heavy atom. The molecule has 0 aliphatic heterocycles. The van der Waals surface area contributed by atoms with Crippen LogP contribution in [-0.2, 0) is 4.79 Å². The van der Waals surface area contributed by atoms with Crippen LogP contribution < -0.4 is 5.32 Å². The van der Waals surface area contributed by atoms with Crippen molar-refractivity contribution in [1.29, 1.82) is 0 Å². The van der Waals surface area contributed by atoms with Gasteiger partial charge in [0.05, 0.1) is 0 Å². The van der Waals surface area contributed by atoms with Gasteiger partial charge in [-0.05, 0) is 31.6 Å². The largest absolute Gasteiger partial charge is 0.480 e. The van der Waals surface area contributed by atoms with E-state index in [0.717, 1.165) is 12.3 Å². The lowest BCUT2D eigenvalue weighted by atomic mass is 9.81. The third-order valence-electron chi connectivity index (χ3n) is 3.87. The van der Waals surface area contributed by atoms with Gasteiger partial charge in [-0.3, -0.25) is 4.79 Å². The number of carbonyl (C=O) groups is 2. The summed E-state index contributed by atoms with van der Waals surface area (Å²) in [4.78, 5) is 23.7. The van der Waals surface area contributed by atoms with Crippen molar-refractivity contribution in [3.63, 3.8) is 0 Å². The second-order valence-corrected chi connectivity index (χ2v) is 5.57. The number of aliphatic carboxylic acids is 1. The number of carbonyl (C=O) groups excluding carboxylic acids is 1. The van der Waals surface area contributed by atoms with Crippen LogP contribution in [0, 0.1) is 11.8 Å². The van der Waals surface area contributed by atoms with Crippen molar-refractivity contribution in [3.8, 4) is 0 Å². The lowest BCUT2D eigenvalue weighted by molar-refractivity contribution is -0.137. The highest BCUT2D eigenvalue weighted by atomic mass is 16.4. The number of rotatable bonds is 6. The molecule has 0 saturated heterocycles. The van der Waals surface area contributed by atoms with E-state index in [-0.39, 0.29) is 12.6 Å². The number of nitrogens with zero attached hydrogens (tertiary/aromatic N) is 1. The van der Waals surface area contributed by atoms with Gasteiger partial charge in [0.25, 0.3) is 0 Å². The number of urea groups is 1. The van der Waals surface area contributed by atoms with Gasteiger partial charge in [0, 0.05) is 13.1 Å². The molecule has 2 N–H and O–H groups in total. The number of carboxylic acids is 1. The summed E-state index contributed by atoms with van der Waals surface area (Å²) in [5, 5.41) is 11.5. The summed E-state index contributed by atoms with van der Waals surface area (Å²) in [6.07, 6.45) is 6.13. The minimum Gasteiger partial charge on any atom is -0.480 e. The summed E-state index contributed by atoms with van der Waals surface area (Å²) < 4.78 is 0. The van der Waals surface area contributed by atoms with Gasteiger partial charge in [-0.1, -0.05) is 26.2 Å². The Morgan fingerprint density at radius 3 is 2.68 bits per heavy atom. The second-order valence-electron chi connectivity index (χ2n) is 5.57. The lowest BCUT2D eigenvalue weighted by Crippen LogP contribution is -2.43. The smallest absolute Gasteiger partial charge is 0.323 e. The molecule has 1 aliphatic rings. The Bertz CT molecular complexity index is 307. The minimum absolute atomic E-state index is 0.233. The van der Waals surface area contributed by atoms with Crippen molar-refractivity contribution in [2.45, 2.75) is 46.0 Å². The number of likely N-dealkylation sites (N-methyl/N-ethyl adjacent to an activating group) is 1. The van der Waals surface area contributed by atoms with Crippen LogP contribution in [0.2, 0.25) is 0 Å². The highest BCUT2D eigenvalue weighted by Crippen LogP contribution is 2.30. The Morgan fingerprint density at radius 2 is 2.11 bits per heavy atom. The van der Waals surface area contributed by atoms with Crippen LogP contribution in [-0.4, -0.2) is 41.6 Å². The molecule has 110 valence electrons. The number of carboxylic acid groups (broad SMARTS) is 1. The third-order valence-corrected chi connectivity index (χ3v) is 3.87. The summed E-state index contributed by atoms with van der Waals surface area (Å²) in [5.74, 6) is 0.533. The molecule has 1 rings (SSSR count). The van der Waals surface area contributed by atoms with Gasteiger partial charge in [-0.25, -0.2) is 4.79 Å². The molecule has 0 aromatic heterocycles. The fraction of sp³-hybridized carbons (Fsp3) is 0.857. The van der Waals surface area contributed by atoms with E-state index >= 15 is 0 Å². The molecule has 1 fully saturated rings. The topological polar surface area (TPSA) is 69.6 Å². The Labute approximate surface area is 115 Å². The number of amides is 2. The first-order valence-corrected chi connectivity index (χ1v) is 7.27. The molecule has 5 nitrogen and oxygen atoms in total. The van der Waals surface area contributed by atoms with Crippen LogP contribution in [0.3, 0.4) is 0 Å². The van der Waals surface area contributed by atoms with E-state index in [1.165, 1.54) is 30.6 Å².